The highest BCUT2D eigenvalue weighted by Crippen LogP contribution is 2.19. The van der Waals surface area contributed by atoms with Crippen molar-refractivity contribution < 1.29 is 48.3 Å². The molecule has 0 unspecified atom stereocenters. The fourth-order valence-electron chi connectivity index (χ4n) is 4.34. The minimum Gasteiger partial charge on any atom is -0.490 e. The average Bonchev–Trinajstić information content (AvgIpc) is 3.10. The first kappa shape index (κ1) is 49.2. The summed E-state index contributed by atoms with van der Waals surface area (Å²) in [6, 6.07) is 19.8. The lowest BCUT2D eigenvalue weighted by molar-refractivity contribution is -0.145. The molecule has 4 N–H and O–H groups in total. The van der Waals surface area contributed by atoms with Gasteiger partial charge in [0.05, 0.1) is 0 Å². The lowest BCUT2D eigenvalue weighted by Gasteiger charge is -2.10. The zero-order chi connectivity index (χ0) is 34.4. The molecule has 0 atom stereocenters. The first-order valence-corrected chi connectivity index (χ1v) is 16.1. The van der Waals surface area contributed by atoms with Crippen LogP contribution >= 0.6 is 0 Å². The van der Waals surface area contributed by atoms with Crippen LogP contribution in [0.25, 0.3) is 0 Å². The number of rotatable bonds is 22. The van der Waals surface area contributed by atoms with Crippen LogP contribution in [-0.4, -0.2) is 73.6 Å². The molecule has 0 saturated heterocycles. The fraction of sp³-hybridized carbons (Fsp3) is 0.450. The van der Waals surface area contributed by atoms with E-state index in [0.717, 1.165) is 12.8 Å². The molecule has 0 aromatic heterocycles. The number of hydrogen-bond donors (Lipinski definition) is 4. The van der Waals surface area contributed by atoms with Gasteiger partial charge in [-0.15, -0.1) is 0 Å². The molecule has 290 valence electrons. The second kappa shape index (κ2) is 28.7. The van der Waals surface area contributed by atoms with E-state index >= 15 is 0 Å². The highest BCUT2D eigenvalue weighted by atomic mass is 16.6. The van der Waals surface area contributed by atoms with Crippen LogP contribution in [0.15, 0.2) is 72.8 Å². The molecule has 0 spiro atoms. The van der Waals surface area contributed by atoms with Gasteiger partial charge in [0.15, 0.2) is 0 Å². The average molecular weight is 729 g/mol. The zero-order valence-corrected chi connectivity index (χ0v) is 27.0. The first-order valence-electron chi connectivity index (χ1n) is 16.1. The summed E-state index contributed by atoms with van der Waals surface area (Å²) in [5.41, 5.74) is 1.86. The molecule has 0 saturated carbocycles. The van der Waals surface area contributed by atoms with Crippen molar-refractivity contribution in [1.82, 2.24) is 0 Å². The standard InChI is InChI=1S/C36H44N2O10.4CH4/c39-21-5-1-3-7-33(41)47-25-23-45-31-17-13-29(14-18-31)37-35(43)27-9-11-28(12-10-27)36(44)38-30-15-19-32(20-16-30)46-24-26-48-34(42)8-4-2-6-22-40;;;;/h9-20,39-40H,1-8,21-26H2,(H,37,43)(H,38,44);4*1H4. The molecular formula is C40H60N2O10. The Morgan fingerprint density at radius 1 is 0.462 bits per heavy atom. The van der Waals surface area contributed by atoms with Gasteiger partial charge < -0.3 is 39.8 Å². The molecule has 0 aliphatic rings. The predicted octanol–water partition coefficient (Wildman–Crippen LogP) is 7.69. The lowest BCUT2D eigenvalue weighted by Crippen LogP contribution is -2.14. The molecule has 52 heavy (non-hydrogen) atoms. The molecule has 0 heterocycles. The van der Waals surface area contributed by atoms with Crippen LogP contribution in [0.2, 0.25) is 0 Å². The molecular weight excluding hydrogens is 668 g/mol. The van der Waals surface area contributed by atoms with Gasteiger partial charge in [-0.2, -0.15) is 0 Å². The van der Waals surface area contributed by atoms with E-state index in [9.17, 15) is 19.2 Å². The Balaban J connectivity index is 0. The molecule has 0 aliphatic heterocycles. The summed E-state index contributed by atoms with van der Waals surface area (Å²) < 4.78 is 21.4. The summed E-state index contributed by atoms with van der Waals surface area (Å²) in [6.45, 7) is 0.888. The fourth-order valence-corrected chi connectivity index (χ4v) is 4.34. The van der Waals surface area contributed by atoms with Gasteiger partial charge in [-0.05, 0) is 98.5 Å². The topological polar surface area (TPSA) is 170 Å². The number of carbonyl (C=O) groups is 4. The summed E-state index contributed by atoms with van der Waals surface area (Å²) in [5.74, 6) is -0.154. The van der Waals surface area contributed by atoms with Gasteiger partial charge in [0.1, 0.15) is 37.9 Å². The van der Waals surface area contributed by atoms with E-state index in [1.807, 2.05) is 0 Å². The second-order valence-electron chi connectivity index (χ2n) is 10.7. The Morgan fingerprint density at radius 3 is 1.13 bits per heavy atom. The van der Waals surface area contributed by atoms with Gasteiger partial charge in [-0.1, -0.05) is 42.5 Å². The molecule has 12 nitrogen and oxygen atoms in total. The molecule has 3 rings (SSSR count). The number of carbonyl (C=O) groups excluding carboxylic acids is 4. The van der Waals surface area contributed by atoms with E-state index in [0.29, 0.717) is 72.5 Å². The number of anilines is 2. The molecule has 3 aromatic rings. The van der Waals surface area contributed by atoms with E-state index in [2.05, 4.69) is 10.6 Å². The number of aliphatic hydroxyl groups excluding tert-OH is 2. The summed E-state index contributed by atoms with van der Waals surface area (Å²) in [5, 5.41) is 23.1. The molecule has 0 aliphatic carbocycles. The number of unbranched alkanes of at least 4 members (excludes halogenated alkanes) is 4. The van der Waals surface area contributed by atoms with Gasteiger partial charge in [0.2, 0.25) is 0 Å². The number of esters is 2. The highest BCUT2D eigenvalue weighted by Gasteiger charge is 2.11. The lowest BCUT2D eigenvalue weighted by atomic mass is 10.1. The molecule has 0 radical (unpaired) electrons. The Morgan fingerprint density at radius 2 is 0.808 bits per heavy atom. The smallest absolute Gasteiger partial charge is 0.305 e. The number of aliphatic hydroxyl groups is 2. The van der Waals surface area contributed by atoms with Crippen LogP contribution in [0.4, 0.5) is 11.4 Å². The van der Waals surface area contributed by atoms with Crippen LogP contribution in [-0.2, 0) is 19.1 Å². The second-order valence-corrected chi connectivity index (χ2v) is 10.7. The Labute approximate surface area is 309 Å². The van der Waals surface area contributed by atoms with Crippen LogP contribution in [0.1, 0.15) is 102 Å². The number of ether oxygens (including phenoxy) is 4. The van der Waals surface area contributed by atoms with Gasteiger partial charge in [-0.3, -0.25) is 19.2 Å². The van der Waals surface area contributed by atoms with Crippen molar-refractivity contribution in [2.75, 3.05) is 50.3 Å². The van der Waals surface area contributed by atoms with Crippen molar-refractivity contribution in [3.05, 3.63) is 83.9 Å². The SMILES string of the molecule is C.C.C.C.O=C(CCCCCO)OCCOc1ccc(NC(=O)c2ccc(C(=O)Nc3ccc(OCCOC(=O)CCCCCO)cc3)cc2)cc1. The number of benzene rings is 3. The largest absolute Gasteiger partial charge is 0.490 e. The Kier molecular flexibility index (Phi) is 27.2. The summed E-state index contributed by atoms with van der Waals surface area (Å²) >= 11 is 0. The normalized spacial score (nSPS) is 9.73. The zero-order valence-electron chi connectivity index (χ0n) is 27.0. The third-order valence-corrected chi connectivity index (χ3v) is 6.94. The van der Waals surface area contributed by atoms with Crippen molar-refractivity contribution >= 4 is 35.1 Å². The number of hydrogen-bond acceptors (Lipinski definition) is 10. The van der Waals surface area contributed by atoms with Gasteiger partial charge in [0.25, 0.3) is 11.8 Å². The molecule has 0 fully saturated rings. The minimum atomic E-state index is -0.343. The number of nitrogens with one attached hydrogen (secondary N) is 2. The van der Waals surface area contributed by atoms with E-state index in [-0.39, 0.29) is 93.1 Å². The maximum Gasteiger partial charge on any atom is 0.305 e. The maximum absolute atomic E-state index is 12.7. The van der Waals surface area contributed by atoms with Gasteiger partial charge >= 0.3 is 11.9 Å². The van der Waals surface area contributed by atoms with Crippen molar-refractivity contribution in [3.8, 4) is 11.5 Å². The van der Waals surface area contributed by atoms with E-state index in [1.54, 1.807) is 72.8 Å². The highest BCUT2D eigenvalue weighted by molar-refractivity contribution is 6.07. The summed E-state index contributed by atoms with van der Waals surface area (Å²) in [7, 11) is 0. The minimum absolute atomic E-state index is 0. The van der Waals surface area contributed by atoms with Crippen LogP contribution in [0.5, 0.6) is 11.5 Å². The molecule has 2 amide bonds. The maximum atomic E-state index is 12.7. The third kappa shape index (κ3) is 19.5. The van der Waals surface area contributed by atoms with Crippen LogP contribution in [0.3, 0.4) is 0 Å². The summed E-state index contributed by atoms with van der Waals surface area (Å²) in [6.07, 6.45) is 4.89. The molecule has 12 heteroatoms. The van der Waals surface area contributed by atoms with Crippen molar-refractivity contribution in [2.24, 2.45) is 0 Å². The third-order valence-electron chi connectivity index (χ3n) is 6.94. The summed E-state index contributed by atoms with van der Waals surface area (Å²) in [4.78, 5) is 48.8. The van der Waals surface area contributed by atoms with Crippen molar-refractivity contribution in [1.29, 1.82) is 0 Å². The predicted molar refractivity (Wildman–Crippen MR) is 206 cm³/mol. The van der Waals surface area contributed by atoms with E-state index < -0.39 is 0 Å². The Bertz CT molecular complexity index is 1300. The Hall–Kier alpha value is -4.94. The number of amides is 2. The van der Waals surface area contributed by atoms with E-state index in [4.69, 9.17) is 29.2 Å². The van der Waals surface area contributed by atoms with Crippen molar-refractivity contribution in [2.45, 2.75) is 81.1 Å². The first-order chi connectivity index (χ1) is 23.4. The molecule has 0 bridgehead atoms. The molecule has 3 aromatic carbocycles. The van der Waals surface area contributed by atoms with Crippen LogP contribution in [0, 0.1) is 0 Å². The van der Waals surface area contributed by atoms with Crippen LogP contribution < -0.4 is 20.1 Å². The monoisotopic (exact) mass is 728 g/mol. The van der Waals surface area contributed by atoms with Gasteiger partial charge in [-0.25, -0.2) is 0 Å². The van der Waals surface area contributed by atoms with Crippen molar-refractivity contribution in [3.63, 3.8) is 0 Å². The quantitative estimate of drug-likeness (QED) is 0.0594. The van der Waals surface area contributed by atoms with E-state index in [1.165, 1.54) is 0 Å². The van der Waals surface area contributed by atoms with Gasteiger partial charge in [0, 0.05) is 48.6 Å².